The fourth-order valence-corrected chi connectivity index (χ4v) is 3.37. The lowest BCUT2D eigenvalue weighted by atomic mass is 10.1. The number of carboxylic acid groups (broad SMARTS) is 2. The Labute approximate surface area is 165 Å². The molecule has 148 valence electrons. The quantitative estimate of drug-likeness (QED) is 0.628. The van der Waals surface area contributed by atoms with E-state index in [1.807, 2.05) is 24.3 Å². The zero-order valence-corrected chi connectivity index (χ0v) is 15.4. The summed E-state index contributed by atoms with van der Waals surface area (Å²) in [5.41, 5.74) is 2.57. The first-order valence-corrected chi connectivity index (χ1v) is 9.13. The molecule has 2 N–H and O–H groups in total. The van der Waals surface area contributed by atoms with Gasteiger partial charge in [0, 0.05) is 11.1 Å². The van der Waals surface area contributed by atoms with Gasteiger partial charge in [-0.05, 0) is 48.2 Å². The van der Waals surface area contributed by atoms with Crippen LogP contribution < -0.4 is 9.47 Å². The van der Waals surface area contributed by atoms with Crippen LogP contribution in [0.1, 0.15) is 17.7 Å². The Hall–Kier alpha value is -3.68. The van der Waals surface area contributed by atoms with Crippen molar-refractivity contribution < 1.29 is 29.3 Å². The van der Waals surface area contributed by atoms with Crippen LogP contribution in [0, 0.1) is 0 Å². The first-order chi connectivity index (χ1) is 14.0. The summed E-state index contributed by atoms with van der Waals surface area (Å²) in [5.74, 6) is -0.786. The Kier molecular flexibility index (Phi) is 4.99. The molecular formula is C21H18N2O6. The third-order valence-corrected chi connectivity index (χ3v) is 4.66. The molecule has 8 heteroatoms. The second-order valence-electron chi connectivity index (χ2n) is 6.72. The van der Waals surface area contributed by atoms with Gasteiger partial charge in [-0.2, -0.15) is 4.98 Å². The molecule has 3 aromatic rings. The summed E-state index contributed by atoms with van der Waals surface area (Å²) in [6.07, 6.45) is 2.53. The predicted octanol–water partition coefficient (Wildman–Crippen LogP) is 2.71. The highest BCUT2D eigenvalue weighted by atomic mass is 16.5. The Balaban J connectivity index is 1.67. The van der Waals surface area contributed by atoms with Gasteiger partial charge in [-0.1, -0.05) is 18.2 Å². The van der Waals surface area contributed by atoms with Crippen molar-refractivity contribution in [2.75, 3.05) is 13.2 Å². The van der Waals surface area contributed by atoms with Crippen molar-refractivity contribution in [3.05, 3.63) is 47.7 Å². The molecule has 0 aliphatic heterocycles. The van der Waals surface area contributed by atoms with Crippen molar-refractivity contribution in [3.63, 3.8) is 0 Å². The van der Waals surface area contributed by atoms with E-state index >= 15 is 0 Å². The molecule has 1 aromatic heterocycles. The van der Waals surface area contributed by atoms with Gasteiger partial charge in [-0.25, -0.2) is 14.6 Å². The number of fused-ring (bicyclic) bond motifs is 2. The molecule has 0 saturated carbocycles. The Morgan fingerprint density at radius 2 is 1.62 bits per heavy atom. The highest BCUT2D eigenvalue weighted by Gasteiger charge is 2.21. The van der Waals surface area contributed by atoms with E-state index in [0.717, 1.165) is 46.9 Å². The minimum absolute atomic E-state index is 0.336. The van der Waals surface area contributed by atoms with Crippen LogP contribution >= 0.6 is 0 Å². The van der Waals surface area contributed by atoms with Crippen molar-refractivity contribution in [3.8, 4) is 23.0 Å². The van der Waals surface area contributed by atoms with Crippen molar-refractivity contribution >= 4 is 22.7 Å². The van der Waals surface area contributed by atoms with Gasteiger partial charge in [0.2, 0.25) is 5.88 Å². The third-order valence-electron chi connectivity index (χ3n) is 4.66. The van der Waals surface area contributed by atoms with Crippen molar-refractivity contribution in [2.45, 2.75) is 19.3 Å². The van der Waals surface area contributed by atoms with Crippen LogP contribution in [0.15, 0.2) is 36.4 Å². The summed E-state index contributed by atoms with van der Waals surface area (Å²) in [7, 11) is 0. The second-order valence-corrected chi connectivity index (χ2v) is 6.72. The van der Waals surface area contributed by atoms with E-state index in [0.29, 0.717) is 17.5 Å². The number of hydrogen-bond acceptors (Lipinski definition) is 6. The molecule has 2 aromatic carbocycles. The summed E-state index contributed by atoms with van der Waals surface area (Å²) in [5, 5.41) is 19.4. The smallest absolute Gasteiger partial charge is 0.341 e. The van der Waals surface area contributed by atoms with Gasteiger partial charge in [0.25, 0.3) is 0 Å². The summed E-state index contributed by atoms with van der Waals surface area (Å²) in [6, 6.07) is 11.0. The minimum atomic E-state index is -1.05. The summed E-state index contributed by atoms with van der Waals surface area (Å²) in [4.78, 5) is 30.7. The van der Waals surface area contributed by atoms with Crippen LogP contribution in [0.2, 0.25) is 0 Å². The molecule has 0 spiro atoms. The third kappa shape index (κ3) is 4.11. The van der Waals surface area contributed by atoms with E-state index in [-0.39, 0.29) is 0 Å². The molecular weight excluding hydrogens is 376 g/mol. The number of ether oxygens (including phenoxy) is 2. The summed E-state index contributed by atoms with van der Waals surface area (Å²) >= 11 is 0. The maximum Gasteiger partial charge on any atom is 0.341 e. The lowest BCUT2D eigenvalue weighted by molar-refractivity contribution is -0.140. The number of carboxylic acids is 2. The molecule has 1 heterocycles. The lowest BCUT2D eigenvalue weighted by Gasteiger charge is -2.11. The molecule has 0 saturated heterocycles. The van der Waals surface area contributed by atoms with Crippen LogP contribution in [-0.4, -0.2) is 45.3 Å². The number of hydrogen-bond donors (Lipinski definition) is 2. The fraction of sp³-hybridized carbons (Fsp3) is 0.238. The molecule has 29 heavy (non-hydrogen) atoms. The average molecular weight is 394 g/mol. The SMILES string of the molecule is O=C(O)COc1ccc2cc(-c3nc4c(c(OCC(=O)O)n3)CCC4)ccc2c1. The Morgan fingerprint density at radius 3 is 2.41 bits per heavy atom. The second kappa shape index (κ2) is 7.75. The highest BCUT2D eigenvalue weighted by Crippen LogP contribution is 2.32. The van der Waals surface area contributed by atoms with E-state index in [9.17, 15) is 9.59 Å². The topological polar surface area (TPSA) is 119 Å². The van der Waals surface area contributed by atoms with Gasteiger partial charge in [-0.3, -0.25) is 0 Å². The van der Waals surface area contributed by atoms with Crippen molar-refractivity contribution in [1.82, 2.24) is 9.97 Å². The normalized spacial score (nSPS) is 12.6. The maximum atomic E-state index is 10.9. The Morgan fingerprint density at radius 1 is 0.897 bits per heavy atom. The van der Waals surface area contributed by atoms with Crippen molar-refractivity contribution in [1.29, 1.82) is 0 Å². The molecule has 0 atom stereocenters. The van der Waals surface area contributed by atoms with Gasteiger partial charge in [-0.15, -0.1) is 0 Å². The molecule has 0 bridgehead atoms. The van der Waals surface area contributed by atoms with E-state index < -0.39 is 25.2 Å². The van der Waals surface area contributed by atoms with E-state index in [2.05, 4.69) is 9.97 Å². The zero-order valence-electron chi connectivity index (χ0n) is 15.4. The molecule has 4 rings (SSSR count). The molecule has 1 aliphatic rings. The van der Waals surface area contributed by atoms with Gasteiger partial charge >= 0.3 is 11.9 Å². The summed E-state index contributed by atoms with van der Waals surface area (Å²) < 4.78 is 10.6. The number of aromatic nitrogens is 2. The first-order valence-electron chi connectivity index (χ1n) is 9.13. The van der Waals surface area contributed by atoms with E-state index in [1.165, 1.54) is 0 Å². The van der Waals surface area contributed by atoms with E-state index in [1.54, 1.807) is 12.1 Å². The number of carbonyl (C=O) groups is 2. The molecule has 0 unspecified atom stereocenters. The minimum Gasteiger partial charge on any atom is -0.482 e. The van der Waals surface area contributed by atoms with Crippen LogP contribution in [0.25, 0.3) is 22.2 Å². The average Bonchev–Trinajstić information content (AvgIpc) is 3.18. The van der Waals surface area contributed by atoms with Crippen LogP contribution in [0.3, 0.4) is 0 Å². The largest absolute Gasteiger partial charge is 0.482 e. The van der Waals surface area contributed by atoms with Gasteiger partial charge in [0.05, 0.1) is 5.69 Å². The van der Waals surface area contributed by atoms with Gasteiger partial charge in [0.15, 0.2) is 19.0 Å². The zero-order chi connectivity index (χ0) is 20.4. The first kappa shape index (κ1) is 18.7. The van der Waals surface area contributed by atoms with Gasteiger partial charge in [0.1, 0.15) is 5.75 Å². The van der Waals surface area contributed by atoms with Gasteiger partial charge < -0.3 is 19.7 Å². The van der Waals surface area contributed by atoms with Crippen LogP contribution in [-0.2, 0) is 22.4 Å². The lowest BCUT2D eigenvalue weighted by Crippen LogP contribution is -2.12. The maximum absolute atomic E-state index is 10.9. The number of aliphatic carboxylic acids is 2. The Bertz CT molecular complexity index is 1110. The van der Waals surface area contributed by atoms with E-state index in [4.69, 9.17) is 19.7 Å². The highest BCUT2D eigenvalue weighted by molar-refractivity contribution is 5.87. The molecule has 0 fully saturated rings. The standard InChI is InChI=1S/C21H18N2O6/c24-18(25)10-28-15-7-6-12-8-14(5-4-13(12)9-15)20-22-17-3-1-2-16(17)21(23-20)29-11-19(26)27/h4-9H,1-3,10-11H2,(H,24,25)(H,26,27). The molecule has 1 aliphatic carbocycles. The monoisotopic (exact) mass is 394 g/mol. The van der Waals surface area contributed by atoms with Crippen molar-refractivity contribution in [2.24, 2.45) is 0 Å². The number of rotatable bonds is 7. The predicted molar refractivity (Wildman–Crippen MR) is 103 cm³/mol. The van der Waals surface area contributed by atoms with Crippen LogP contribution in [0.5, 0.6) is 11.6 Å². The number of nitrogens with zero attached hydrogens (tertiary/aromatic N) is 2. The number of benzene rings is 2. The molecule has 0 radical (unpaired) electrons. The number of aryl methyl sites for hydroxylation is 1. The summed E-state index contributed by atoms with van der Waals surface area (Å²) in [6.45, 7) is -0.842. The fourth-order valence-electron chi connectivity index (χ4n) is 3.37. The molecule has 0 amide bonds. The van der Waals surface area contributed by atoms with Crippen LogP contribution in [0.4, 0.5) is 0 Å². The molecule has 8 nitrogen and oxygen atoms in total.